The molecule has 3 nitrogen and oxygen atoms in total. The van der Waals surface area contributed by atoms with E-state index >= 15 is 0 Å². The highest BCUT2D eigenvalue weighted by molar-refractivity contribution is 5.37. The lowest BCUT2D eigenvalue weighted by atomic mass is 10.0. The summed E-state index contributed by atoms with van der Waals surface area (Å²) in [7, 11) is 0. The molecule has 3 rings (SSSR count). The van der Waals surface area contributed by atoms with Crippen molar-refractivity contribution < 1.29 is 9.47 Å². The van der Waals surface area contributed by atoms with Crippen LogP contribution in [0.3, 0.4) is 0 Å². The third-order valence-corrected chi connectivity index (χ3v) is 5.41. The van der Waals surface area contributed by atoms with Crippen molar-refractivity contribution in [2.75, 3.05) is 13.2 Å². The van der Waals surface area contributed by atoms with Crippen LogP contribution >= 0.6 is 0 Å². The minimum Gasteiger partial charge on any atom is -0.494 e. The lowest BCUT2D eigenvalue weighted by Gasteiger charge is -2.19. The van der Waals surface area contributed by atoms with E-state index in [1.165, 1.54) is 30.4 Å². The second-order valence-corrected chi connectivity index (χ2v) is 7.63. The molecule has 1 aliphatic rings. The van der Waals surface area contributed by atoms with Crippen LogP contribution in [0, 0.1) is 11.8 Å². The lowest BCUT2D eigenvalue weighted by Crippen LogP contribution is -2.12. The van der Waals surface area contributed by atoms with Gasteiger partial charge in [-0.1, -0.05) is 63.9 Å². The van der Waals surface area contributed by atoms with Gasteiger partial charge in [0.25, 0.3) is 0 Å². The SMILES string of the molecule is CCCC(CC)CN.CCOc1cccc(OC2c3ccccc3C[C@H]2C)c1. The van der Waals surface area contributed by atoms with E-state index in [1.807, 2.05) is 31.2 Å². The molecule has 0 saturated heterocycles. The molecule has 0 fully saturated rings. The summed E-state index contributed by atoms with van der Waals surface area (Å²) in [5.74, 6) is 3.02. The molecule has 0 bridgehead atoms. The van der Waals surface area contributed by atoms with Crippen LogP contribution in [0.2, 0.25) is 0 Å². The molecule has 154 valence electrons. The highest BCUT2D eigenvalue weighted by Crippen LogP contribution is 2.39. The number of hydrogen-bond acceptors (Lipinski definition) is 3. The minimum atomic E-state index is 0.142. The predicted molar refractivity (Wildman–Crippen MR) is 118 cm³/mol. The van der Waals surface area contributed by atoms with E-state index in [4.69, 9.17) is 15.2 Å². The van der Waals surface area contributed by atoms with Crippen molar-refractivity contribution >= 4 is 0 Å². The first-order valence-electron chi connectivity index (χ1n) is 10.8. The van der Waals surface area contributed by atoms with E-state index < -0.39 is 0 Å². The van der Waals surface area contributed by atoms with Gasteiger partial charge < -0.3 is 15.2 Å². The number of ether oxygens (including phenoxy) is 2. The Morgan fingerprint density at radius 1 is 1.04 bits per heavy atom. The summed E-state index contributed by atoms with van der Waals surface area (Å²) < 4.78 is 11.7. The van der Waals surface area contributed by atoms with Crippen LogP contribution in [-0.2, 0) is 6.42 Å². The minimum absolute atomic E-state index is 0.142. The third-order valence-electron chi connectivity index (χ3n) is 5.41. The molecule has 3 heteroatoms. The van der Waals surface area contributed by atoms with Crippen molar-refractivity contribution in [2.24, 2.45) is 17.6 Å². The molecule has 2 aromatic carbocycles. The largest absolute Gasteiger partial charge is 0.494 e. The first-order valence-corrected chi connectivity index (χ1v) is 10.8. The fourth-order valence-electron chi connectivity index (χ4n) is 3.79. The summed E-state index contributed by atoms with van der Waals surface area (Å²) >= 11 is 0. The highest BCUT2D eigenvalue weighted by Gasteiger charge is 2.30. The van der Waals surface area contributed by atoms with Gasteiger partial charge in [0.1, 0.15) is 17.6 Å². The van der Waals surface area contributed by atoms with E-state index in [2.05, 4.69) is 45.0 Å². The van der Waals surface area contributed by atoms with Crippen LogP contribution in [-0.4, -0.2) is 13.2 Å². The number of benzene rings is 2. The molecule has 1 aliphatic carbocycles. The zero-order chi connectivity index (χ0) is 20.4. The summed E-state index contributed by atoms with van der Waals surface area (Å²) in [4.78, 5) is 0. The van der Waals surface area contributed by atoms with Gasteiger partial charge in [-0.15, -0.1) is 0 Å². The molecular weight excluding hydrogens is 346 g/mol. The van der Waals surface area contributed by atoms with E-state index in [0.717, 1.165) is 30.4 Å². The fraction of sp³-hybridized carbons (Fsp3) is 0.520. The molecule has 0 aliphatic heterocycles. The first-order chi connectivity index (χ1) is 13.6. The molecule has 2 N–H and O–H groups in total. The Balaban J connectivity index is 0.000000300. The average molecular weight is 384 g/mol. The van der Waals surface area contributed by atoms with E-state index in [1.54, 1.807) is 0 Å². The monoisotopic (exact) mass is 383 g/mol. The Labute approximate surface area is 171 Å². The molecular formula is C25H37NO2. The van der Waals surface area contributed by atoms with Crippen molar-refractivity contribution in [3.8, 4) is 11.5 Å². The Bertz CT molecular complexity index is 696. The maximum absolute atomic E-state index is 6.22. The first kappa shape index (κ1) is 22.3. The van der Waals surface area contributed by atoms with E-state index in [0.29, 0.717) is 12.5 Å². The summed E-state index contributed by atoms with van der Waals surface area (Å²) in [6, 6.07) is 16.5. The van der Waals surface area contributed by atoms with Gasteiger partial charge in [-0.2, -0.15) is 0 Å². The van der Waals surface area contributed by atoms with Gasteiger partial charge in [0.15, 0.2) is 0 Å². The second kappa shape index (κ2) is 11.8. The van der Waals surface area contributed by atoms with Crippen molar-refractivity contribution in [3.63, 3.8) is 0 Å². The van der Waals surface area contributed by atoms with Crippen molar-refractivity contribution in [2.45, 2.75) is 59.5 Å². The van der Waals surface area contributed by atoms with Gasteiger partial charge >= 0.3 is 0 Å². The van der Waals surface area contributed by atoms with E-state index in [-0.39, 0.29) is 6.10 Å². The molecule has 0 saturated carbocycles. The Kier molecular flexibility index (Phi) is 9.36. The zero-order valence-corrected chi connectivity index (χ0v) is 18.0. The summed E-state index contributed by atoms with van der Waals surface area (Å²) in [6.07, 6.45) is 5.04. The predicted octanol–water partition coefficient (Wildman–Crippen LogP) is 6.17. The summed E-state index contributed by atoms with van der Waals surface area (Å²) in [6.45, 7) is 10.2. The Hall–Kier alpha value is -2.00. The maximum atomic E-state index is 6.22. The van der Waals surface area contributed by atoms with Gasteiger partial charge in [0, 0.05) is 12.0 Å². The van der Waals surface area contributed by atoms with Gasteiger partial charge in [-0.25, -0.2) is 0 Å². The van der Waals surface area contributed by atoms with Gasteiger partial charge in [0.05, 0.1) is 6.61 Å². The van der Waals surface area contributed by atoms with Gasteiger partial charge in [-0.3, -0.25) is 0 Å². The van der Waals surface area contributed by atoms with Crippen LogP contribution in [0.15, 0.2) is 48.5 Å². The highest BCUT2D eigenvalue weighted by atomic mass is 16.5. The smallest absolute Gasteiger partial charge is 0.127 e. The number of hydrogen-bond donors (Lipinski definition) is 1. The average Bonchev–Trinajstić information content (AvgIpc) is 3.02. The normalized spacial score (nSPS) is 18.6. The third kappa shape index (κ3) is 6.27. The lowest BCUT2D eigenvalue weighted by molar-refractivity contribution is 0.159. The molecule has 3 atom stereocenters. The molecule has 2 unspecified atom stereocenters. The zero-order valence-electron chi connectivity index (χ0n) is 18.0. The number of nitrogens with two attached hydrogens (primary N) is 1. The Morgan fingerprint density at radius 3 is 2.43 bits per heavy atom. The van der Waals surface area contributed by atoms with Gasteiger partial charge in [0.2, 0.25) is 0 Å². The van der Waals surface area contributed by atoms with Crippen LogP contribution < -0.4 is 15.2 Å². The molecule has 0 amide bonds. The topological polar surface area (TPSA) is 44.5 Å². The van der Waals surface area contributed by atoms with E-state index in [9.17, 15) is 0 Å². The van der Waals surface area contributed by atoms with Crippen LogP contribution in [0.25, 0.3) is 0 Å². The molecule has 0 spiro atoms. The molecule has 28 heavy (non-hydrogen) atoms. The molecule has 2 aromatic rings. The quantitative estimate of drug-likeness (QED) is 0.593. The molecule has 0 radical (unpaired) electrons. The molecule has 0 heterocycles. The van der Waals surface area contributed by atoms with Crippen molar-refractivity contribution in [1.82, 2.24) is 0 Å². The van der Waals surface area contributed by atoms with Crippen molar-refractivity contribution in [3.05, 3.63) is 59.7 Å². The fourth-order valence-corrected chi connectivity index (χ4v) is 3.79. The molecule has 0 aromatic heterocycles. The number of fused-ring (bicyclic) bond motifs is 1. The number of rotatable bonds is 8. The summed E-state index contributed by atoms with van der Waals surface area (Å²) in [5.41, 5.74) is 8.20. The standard InChI is InChI=1S/C18H20O2.C7H17N/c1-3-19-15-8-6-9-16(12-15)20-18-13(2)11-14-7-4-5-10-17(14)18;1-3-5-7(4-2)6-8/h4-10,12-13,18H,3,11H2,1-2H3;7H,3-6,8H2,1-2H3/t13-,18?;/m1./s1. The van der Waals surface area contributed by atoms with Crippen LogP contribution in [0.5, 0.6) is 11.5 Å². The van der Waals surface area contributed by atoms with Gasteiger partial charge in [-0.05, 0) is 55.5 Å². The Morgan fingerprint density at radius 2 is 1.79 bits per heavy atom. The van der Waals surface area contributed by atoms with Crippen molar-refractivity contribution in [1.29, 1.82) is 0 Å². The summed E-state index contributed by atoms with van der Waals surface area (Å²) in [5, 5.41) is 0. The van der Waals surface area contributed by atoms with Crippen LogP contribution in [0.1, 0.15) is 64.2 Å². The second-order valence-electron chi connectivity index (χ2n) is 7.63. The van der Waals surface area contributed by atoms with Crippen LogP contribution in [0.4, 0.5) is 0 Å². The maximum Gasteiger partial charge on any atom is 0.127 e.